The number of rotatable bonds is 4. The first-order valence-electron chi connectivity index (χ1n) is 2.21. The molecule has 0 rings (SSSR count). The molecule has 0 aromatic rings. The zero-order valence-electron chi connectivity index (χ0n) is 7.51. The molecule has 12 heteroatoms. The first-order valence-corrected chi connectivity index (χ1v) is 5.47. The normalized spacial score (nSPS) is 9.71. The molecular formula is C2H4Cl2Na2O6P2+2. The Labute approximate surface area is 137 Å². The predicted molar refractivity (Wildman–Crippen MR) is 38.8 cm³/mol. The summed E-state index contributed by atoms with van der Waals surface area (Å²) >= 11 is 9.58. The maximum atomic E-state index is 9.33. The maximum Gasteiger partial charge on any atom is 1.00 e. The van der Waals surface area contributed by atoms with Crippen LogP contribution in [0.15, 0.2) is 0 Å². The molecule has 0 aromatic heterocycles. The van der Waals surface area contributed by atoms with Gasteiger partial charge < -0.3 is 9.79 Å². The van der Waals surface area contributed by atoms with Gasteiger partial charge in [-0.15, -0.1) is 9.05 Å². The van der Waals surface area contributed by atoms with E-state index in [1.807, 2.05) is 0 Å². The van der Waals surface area contributed by atoms with Gasteiger partial charge in [-0.2, -0.15) is 0 Å². The van der Waals surface area contributed by atoms with Crippen molar-refractivity contribution in [3.8, 4) is 0 Å². The molecule has 0 fully saturated rings. The Bertz CT molecular complexity index is 134. The minimum Gasteiger partial charge on any atom is -0.566 e. The molecule has 14 heavy (non-hydrogen) atoms. The average Bonchev–Trinajstić information content (AvgIpc) is 1.87. The Balaban J connectivity index is -0.0000000625. The van der Waals surface area contributed by atoms with Gasteiger partial charge in [0.1, 0.15) is 0 Å². The van der Waals surface area contributed by atoms with Gasteiger partial charge in [-0.25, -0.2) is 0 Å². The van der Waals surface area contributed by atoms with Gasteiger partial charge >= 0.3 is 75.6 Å². The largest absolute Gasteiger partial charge is 1.00 e. The van der Waals surface area contributed by atoms with Crippen molar-refractivity contribution in [1.29, 1.82) is 0 Å². The van der Waals surface area contributed by atoms with E-state index in [4.69, 9.17) is 23.2 Å². The molecule has 2 unspecified atom stereocenters. The zero-order chi connectivity index (χ0) is 9.98. The summed E-state index contributed by atoms with van der Waals surface area (Å²) in [4.78, 5) is 18.7. The minimum atomic E-state index is -2.73. The molecule has 0 aliphatic heterocycles. The van der Waals surface area contributed by atoms with Crippen LogP contribution in [0.25, 0.3) is 0 Å². The number of alkyl halides is 2. The van der Waals surface area contributed by atoms with Gasteiger partial charge in [0.2, 0.25) is 0 Å². The summed E-state index contributed by atoms with van der Waals surface area (Å²) in [7, 11) is -5.47. The monoisotopic (exact) mass is 302 g/mol. The fraction of sp³-hybridized carbons (Fsp3) is 1.00. The Morgan fingerprint density at radius 1 is 0.929 bits per heavy atom. The maximum absolute atomic E-state index is 9.33. The van der Waals surface area contributed by atoms with Crippen molar-refractivity contribution in [3.63, 3.8) is 0 Å². The van der Waals surface area contributed by atoms with E-state index >= 15 is 0 Å². The first kappa shape index (κ1) is 25.5. The van der Waals surface area contributed by atoms with E-state index in [0.29, 0.717) is 0 Å². The van der Waals surface area contributed by atoms with Crippen LogP contribution in [0.3, 0.4) is 0 Å². The smallest absolute Gasteiger partial charge is 0.566 e. The minimum absolute atomic E-state index is 0. The Kier molecular flexibility index (Phi) is 38.1. The average molecular weight is 303 g/mol. The molecule has 0 amide bonds. The summed E-state index contributed by atoms with van der Waals surface area (Å²) in [6.45, 7) is 0. The van der Waals surface area contributed by atoms with E-state index in [-0.39, 0.29) is 71.2 Å². The van der Waals surface area contributed by atoms with E-state index in [9.17, 15) is 18.9 Å². The number of halogens is 2. The number of hydrogen-bond acceptors (Lipinski definition) is 6. The quantitative estimate of drug-likeness (QED) is 0.292. The predicted octanol–water partition coefficient (Wildman–Crippen LogP) is -5.56. The Morgan fingerprint density at radius 3 is 1.14 bits per heavy atom. The van der Waals surface area contributed by atoms with Crippen LogP contribution < -0.4 is 68.9 Å². The van der Waals surface area contributed by atoms with Crippen LogP contribution in [-0.4, -0.2) is 12.1 Å². The fourth-order valence-electron chi connectivity index (χ4n) is 0.0797. The van der Waals surface area contributed by atoms with Gasteiger partial charge in [0.15, 0.2) is 12.1 Å². The standard InChI is InChI=1S/2CH2ClO3P.2Na/c2*2-1-5-6(3)4;;/h2*1H2;;/q;;2*+1. The molecule has 72 valence electrons. The molecular weight excluding hydrogens is 299 g/mol. The summed E-state index contributed by atoms with van der Waals surface area (Å²) in [5.41, 5.74) is 0. The van der Waals surface area contributed by atoms with E-state index in [1.165, 1.54) is 0 Å². The Hall–Kier alpha value is 2.62. The molecule has 0 saturated carbocycles. The van der Waals surface area contributed by atoms with Crippen molar-refractivity contribution >= 4 is 39.7 Å². The molecule has 0 aliphatic rings. The topological polar surface area (TPSA) is 98.7 Å². The molecule has 0 heterocycles. The molecule has 0 aliphatic carbocycles. The summed E-state index contributed by atoms with van der Waals surface area (Å²) in [6, 6.07) is -0.586. The van der Waals surface area contributed by atoms with Gasteiger partial charge in [-0.3, -0.25) is 0 Å². The Morgan fingerprint density at radius 2 is 1.14 bits per heavy atom. The zero-order valence-corrected chi connectivity index (χ0v) is 14.8. The summed E-state index contributed by atoms with van der Waals surface area (Å²) in [6.07, 6.45) is 0. The third kappa shape index (κ3) is 36.5. The summed E-state index contributed by atoms with van der Waals surface area (Å²) < 4.78 is 26.2. The second kappa shape index (κ2) is 21.0. The van der Waals surface area contributed by atoms with Crippen molar-refractivity contribution in [1.82, 2.24) is 0 Å². The molecule has 0 saturated heterocycles. The molecule has 0 N–H and O–H groups in total. The third-order valence-electron chi connectivity index (χ3n) is 0.308. The van der Waals surface area contributed by atoms with Crippen molar-refractivity contribution in [2.45, 2.75) is 0 Å². The van der Waals surface area contributed by atoms with Crippen molar-refractivity contribution in [2.75, 3.05) is 12.1 Å². The molecule has 0 bridgehead atoms. The molecule has 0 aromatic carbocycles. The van der Waals surface area contributed by atoms with Crippen LogP contribution in [0.1, 0.15) is 0 Å². The van der Waals surface area contributed by atoms with Crippen molar-refractivity contribution in [3.05, 3.63) is 0 Å². The third-order valence-corrected chi connectivity index (χ3v) is 1.51. The van der Waals surface area contributed by atoms with Crippen LogP contribution in [0, 0.1) is 0 Å². The van der Waals surface area contributed by atoms with E-state index in [1.54, 1.807) is 0 Å². The summed E-state index contributed by atoms with van der Waals surface area (Å²) in [5, 5.41) is 0. The van der Waals surface area contributed by atoms with Gasteiger partial charge in [0.05, 0.1) is 0 Å². The van der Waals surface area contributed by atoms with Crippen LogP contribution in [-0.2, 0) is 18.2 Å². The van der Waals surface area contributed by atoms with Gasteiger partial charge in [0.25, 0.3) is 0 Å². The van der Waals surface area contributed by atoms with Crippen molar-refractivity contribution in [2.24, 2.45) is 0 Å². The van der Waals surface area contributed by atoms with E-state index in [0.717, 1.165) is 0 Å². The van der Waals surface area contributed by atoms with E-state index in [2.05, 4.69) is 9.05 Å². The van der Waals surface area contributed by atoms with Crippen LogP contribution in [0.2, 0.25) is 0 Å². The first-order chi connectivity index (χ1) is 5.54. The van der Waals surface area contributed by atoms with E-state index < -0.39 is 16.5 Å². The van der Waals surface area contributed by atoms with Gasteiger partial charge in [-0.05, 0) is 9.13 Å². The summed E-state index contributed by atoms with van der Waals surface area (Å²) in [5.74, 6) is 0. The fourth-order valence-corrected chi connectivity index (χ4v) is 0.717. The molecule has 0 radical (unpaired) electrons. The second-order valence-corrected chi connectivity index (χ2v) is 2.77. The SMILES string of the molecule is O=[P+]([O-])OCCl.O=[P+]([O-])OCCl.[Na+].[Na+]. The van der Waals surface area contributed by atoms with Crippen molar-refractivity contribution < 1.29 is 87.1 Å². The second-order valence-electron chi connectivity index (χ2n) is 0.924. The van der Waals surface area contributed by atoms with Crippen LogP contribution in [0.5, 0.6) is 0 Å². The molecule has 0 spiro atoms. The number of hydrogen-bond donors (Lipinski definition) is 0. The van der Waals surface area contributed by atoms with Gasteiger partial charge in [-0.1, -0.05) is 23.2 Å². The molecule has 6 nitrogen and oxygen atoms in total. The van der Waals surface area contributed by atoms with Crippen LogP contribution in [0.4, 0.5) is 0 Å². The van der Waals surface area contributed by atoms with Crippen LogP contribution >= 0.6 is 39.7 Å². The van der Waals surface area contributed by atoms with Gasteiger partial charge in [0, 0.05) is 0 Å². The molecule has 2 atom stereocenters.